The second kappa shape index (κ2) is 6.57. The fourth-order valence-corrected chi connectivity index (χ4v) is 1.84. The van der Waals surface area contributed by atoms with E-state index in [0.29, 0.717) is 17.8 Å². The lowest BCUT2D eigenvalue weighted by atomic mass is 10.2. The van der Waals surface area contributed by atoms with E-state index in [2.05, 4.69) is 0 Å². The first-order valence-electron chi connectivity index (χ1n) is 6.39. The van der Waals surface area contributed by atoms with Gasteiger partial charge in [-0.25, -0.2) is 4.79 Å². The summed E-state index contributed by atoms with van der Waals surface area (Å²) in [6.07, 6.45) is 0. The molecule has 128 valence electrons. The second-order valence-electron chi connectivity index (χ2n) is 4.60. The van der Waals surface area contributed by atoms with Crippen molar-refractivity contribution in [2.24, 2.45) is 0 Å². The molecular formula is C13H8N4O8. The first-order valence-corrected chi connectivity index (χ1v) is 6.39. The number of hydrogen-bond acceptors (Lipinski definition) is 9. The van der Waals surface area contributed by atoms with Crippen molar-refractivity contribution in [3.05, 3.63) is 72.3 Å². The lowest BCUT2D eigenvalue weighted by Crippen LogP contribution is -2.11. The number of non-ortho nitro benzene ring substituents is 1. The number of nitrogen functional groups attached to an aromatic ring is 1. The molecule has 0 atom stereocenters. The number of carbonyl (C=O) groups excluding carboxylic acids is 1. The number of nitrogens with zero attached hydrogens (tertiary/aromatic N) is 3. The molecule has 12 heteroatoms. The molecule has 0 saturated carbocycles. The summed E-state index contributed by atoms with van der Waals surface area (Å²) in [5, 5.41) is 33.0. The molecule has 0 bridgehead atoms. The van der Waals surface area contributed by atoms with Crippen LogP contribution in [0.4, 0.5) is 22.7 Å². The van der Waals surface area contributed by atoms with Gasteiger partial charge in [0.05, 0.1) is 32.5 Å². The van der Waals surface area contributed by atoms with Crippen LogP contribution in [0.1, 0.15) is 10.4 Å². The van der Waals surface area contributed by atoms with Crippen molar-refractivity contribution in [3.63, 3.8) is 0 Å². The SMILES string of the molecule is Nc1ccc(C(=O)Oc2c([N+](=O)[O-])cc([N+](=O)[O-])cc2[N+](=O)[O-])cc1. The molecule has 2 N–H and O–H groups in total. The standard InChI is InChI=1S/C13H8N4O8/c14-8-3-1-7(2-4-8)13(18)25-12-10(16(21)22)5-9(15(19)20)6-11(12)17(23)24/h1-6H,14H2. The molecule has 25 heavy (non-hydrogen) atoms. The zero-order valence-corrected chi connectivity index (χ0v) is 12.1. The Bertz CT molecular complexity index is 858. The van der Waals surface area contributed by atoms with Crippen LogP contribution in [0.2, 0.25) is 0 Å². The Morgan fingerprint density at radius 2 is 1.36 bits per heavy atom. The van der Waals surface area contributed by atoms with Gasteiger partial charge >= 0.3 is 17.3 Å². The average Bonchev–Trinajstić information content (AvgIpc) is 2.54. The summed E-state index contributed by atoms with van der Waals surface area (Å²) in [5.74, 6) is -2.12. The molecule has 0 saturated heterocycles. The van der Waals surface area contributed by atoms with Crippen LogP contribution in [0.15, 0.2) is 36.4 Å². The molecule has 0 heterocycles. The summed E-state index contributed by atoms with van der Waals surface area (Å²) < 4.78 is 4.77. The average molecular weight is 348 g/mol. The van der Waals surface area contributed by atoms with Crippen LogP contribution < -0.4 is 10.5 Å². The van der Waals surface area contributed by atoms with Crippen molar-refractivity contribution < 1.29 is 24.3 Å². The number of nitro benzene ring substituents is 3. The normalized spacial score (nSPS) is 10.1. The summed E-state index contributed by atoms with van der Waals surface area (Å²) >= 11 is 0. The van der Waals surface area contributed by atoms with E-state index in [4.69, 9.17) is 10.5 Å². The maximum Gasteiger partial charge on any atom is 0.344 e. The number of anilines is 1. The fourth-order valence-electron chi connectivity index (χ4n) is 1.84. The van der Waals surface area contributed by atoms with Crippen LogP contribution in [0.25, 0.3) is 0 Å². The number of nitro groups is 3. The second-order valence-corrected chi connectivity index (χ2v) is 4.60. The van der Waals surface area contributed by atoms with Crippen LogP contribution in [-0.4, -0.2) is 20.7 Å². The van der Waals surface area contributed by atoms with Crippen molar-refractivity contribution in [2.75, 3.05) is 5.73 Å². The third-order valence-corrected chi connectivity index (χ3v) is 2.98. The molecule has 0 radical (unpaired) electrons. The number of hydrogen-bond donors (Lipinski definition) is 1. The minimum Gasteiger partial charge on any atom is -0.408 e. The van der Waals surface area contributed by atoms with Crippen LogP contribution in [0, 0.1) is 30.3 Å². The van der Waals surface area contributed by atoms with Crippen molar-refractivity contribution >= 4 is 28.7 Å². The summed E-state index contributed by atoms with van der Waals surface area (Å²) in [5.41, 5.74) is 2.68. The van der Waals surface area contributed by atoms with Crippen molar-refractivity contribution in [2.45, 2.75) is 0 Å². The zero-order valence-electron chi connectivity index (χ0n) is 12.1. The van der Waals surface area contributed by atoms with E-state index in [1.54, 1.807) is 0 Å². The van der Waals surface area contributed by atoms with Crippen LogP contribution in [-0.2, 0) is 0 Å². The number of rotatable bonds is 5. The Kier molecular flexibility index (Phi) is 4.54. The summed E-state index contributed by atoms with van der Waals surface area (Å²) in [7, 11) is 0. The van der Waals surface area contributed by atoms with E-state index in [-0.39, 0.29) is 5.56 Å². The highest BCUT2D eigenvalue weighted by Gasteiger charge is 2.33. The molecule has 0 aliphatic heterocycles. The van der Waals surface area contributed by atoms with Gasteiger partial charge in [0, 0.05) is 5.69 Å². The molecule has 0 unspecified atom stereocenters. The molecule has 0 spiro atoms. The lowest BCUT2D eigenvalue weighted by molar-refractivity contribution is -0.404. The third kappa shape index (κ3) is 3.64. The molecule has 2 aromatic carbocycles. The fraction of sp³-hybridized carbons (Fsp3) is 0. The monoisotopic (exact) mass is 348 g/mol. The predicted octanol–water partition coefficient (Wildman–Crippen LogP) is 2.21. The van der Waals surface area contributed by atoms with Gasteiger partial charge in [-0.05, 0) is 24.3 Å². The van der Waals surface area contributed by atoms with Crippen molar-refractivity contribution in [1.82, 2.24) is 0 Å². The van der Waals surface area contributed by atoms with Gasteiger partial charge < -0.3 is 10.5 Å². The summed E-state index contributed by atoms with van der Waals surface area (Å²) in [6, 6.07) is 6.16. The Balaban J connectivity index is 2.56. The van der Waals surface area contributed by atoms with Crippen LogP contribution >= 0.6 is 0 Å². The largest absolute Gasteiger partial charge is 0.408 e. The number of nitrogens with two attached hydrogens (primary N) is 1. The van der Waals surface area contributed by atoms with Gasteiger partial charge in [-0.1, -0.05) is 0 Å². The smallest absolute Gasteiger partial charge is 0.344 e. The van der Waals surface area contributed by atoms with Crippen LogP contribution in [0.3, 0.4) is 0 Å². The molecule has 12 nitrogen and oxygen atoms in total. The Hall–Kier alpha value is -4.09. The zero-order chi connectivity index (χ0) is 18.7. The van der Waals surface area contributed by atoms with Gasteiger partial charge in [-0.2, -0.15) is 0 Å². The van der Waals surface area contributed by atoms with E-state index < -0.39 is 43.6 Å². The molecule has 0 aromatic heterocycles. The Morgan fingerprint density at radius 3 is 1.76 bits per heavy atom. The Morgan fingerprint density at radius 1 is 0.880 bits per heavy atom. The third-order valence-electron chi connectivity index (χ3n) is 2.98. The first kappa shape index (κ1) is 17.3. The highest BCUT2D eigenvalue weighted by Crippen LogP contribution is 2.40. The van der Waals surface area contributed by atoms with Crippen LogP contribution in [0.5, 0.6) is 5.75 Å². The molecule has 0 aliphatic carbocycles. The van der Waals surface area contributed by atoms with Gasteiger partial charge in [-0.3, -0.25) is 30.3 Å². The maximum atomic E-state index is 12.1. The van der Waals surface area contributed by atoms with Gasteiger partial charge in [0.2, 0.25) is 0 Å². The van der Waals surface area contributed by atoms with E-state index in [0.717, 1.165) is 0 Å². The molecule has 2 rings (SSSR count). The Labute approximate surface area is 137 Å². The van der Waals surface area contributed by atoms with Crippen molar-refractivity contribution in [3.8, 4) is 5.75 Å². The number of ether oxygens (including phenoxy) is 1. The highest BCUT2D eigenvalue weighted by atomic mass is 16.6. The molecule has 0 aliphatic rings. The molecule has 2 aromatic rings. The van der Waals surface area contributed by atoms with Crippen molar-refractivity contribution in [1.29, 1.82) is 0 Å². The quantitative estimate of drug-likeness (QED) is 0.278. The minimum atomic E-state index is -1.12. The maximum absolute atomic E-state index is 12.1. The van der Waals surface area contributed by atoms with Gasteiger partial charge in [-0.15, -0.1) is 0 Å². The molecular weight excluding hydrogens is 340 g/mol. The molecule has 0 fully saturated rings. The summed E-state index contributed by atoms with van der Waals surface area (Å²) in [4.78, 5) is 41.7. The van der Waals surface area contributed by atoms with E-state index in [1.165, 1.54) is 24.3 Å². The lowest BCUT2D eigenvalue weighted by Gasteiger charge is -2.06. The van der Waals surface area contributed by atoms with Gasteiger partial charge in [0.15, 0.2) is 0 Å². The predicted molar refractivity (Wildman–Crippen MR) is 82.2 cm³/mol. The minimum absolute atomic E-state index is 0.0730. The van der Waals surface area contributed by atoms with E-state index in [9.17, 15) is 35.1 Å². The van der Waals surface area contributed by atoms with E-state index >= 15 is 0 Å². The van der Waals surface area contributed by atoms with Gasteiger partial charge in [0.1, 0.15) is 0 Å². The van der Waals surface area contributed by atoms with Gasteiger partial charge in [0.25, 0.3) is 11.4 Å². The number of benzene rings is 2. The highest BCUT2D eigenvalue weighted by molar-refractivity contribution is 5.92. The summed E-state index contributed by atoms with van der Waals surface area (Å²) in [6.45, 7) is 0. The molecule has 0 amide bonds. The first-order chi connectivity index (χ1) is 11.7. The van der Waals surface area contributed by atoms with E-state index in [1.807, 2.05) is 0 Å². The topological polar surface area (TPSA) is 182 Å². The number of esters is 1. The number of carbonyl (C=O) groups is 1.